The number of esters is 1. The number of aliphatic imine (C=N–C) groups is 1. The smallest absolute Gasteiger partial charge is 0.410 e. The van der Waals surface area contributed by atoms with E-state index in [1.165, 1.54) is 7.11 Å². The van der Waals surface area contributed by atoms with Gasteiger partial charge in [0.2, 0.25) is 5.91 Å². The molecule has 3 aliphatic rings. The van der Waals surface area contributed by atoms with Crippen molar-refractivity contribution < 1.29 is 28.6 Å². The van der Waals surface area contributed by atoms with E-state index in [-0.39, 0.29) is 30.5 Å². The number of hydrogen-bond acceptors (Lipinski definition) is 8. The van der Waals surface area contributed by atoms with Gasteiger partial charge in [0.05, 0.1) is 48.7 Å². The molecule has 11 heteroatoms. The third-order valence-electron chi connectivity index (χ3n) is 10.8. The van der Waals surface area contributed by atoms with Gasteiger partial charge in [0, 0.05) is 38.5 Å². The molecule has 2 saturated heterocycles. The third-order valence-corrected chi connectivity index (χ3v) is 10.8. The van der Waals surface area contributed by atoms with Crippen molar-refractivity contribution in [3.05, 3.63) is 72.2 Å². The molecule has 1 aromatic heterocycles. The van der Waals surface area contributed by atoms with E-state index in [1.807, 2.05) is 44.9 Å². The zero-order chi connectivity index (χ0) is 37.4. The molecule has 1 unspecified atom stereocenters. The molecule has 4 heterocycles. The Labute approximate surface area is 310 Å². The summed E-state index contributed by atoms with van der Waals surface area (Å²) in [5, 5.41) is 2.26. The number of likely N-dealkylation sites (tertiary alicyclic amines) is 2. The molecule has 4 atom stereocenters. The van der Waals surface area contributed by atoms with Crippen LogP contribution in [0.2, 0.25) is 0 Å². The first-order chi connectivity index (χ1) is 25.4. The summed E-state index contributed by atoms with van der Waals surface area (Å²) < 4.78 is 16.0. The Morgan fingerprint density at radius 2 is 1.55 bits per heavy atom. The lowest BCUT2D eigenvalue weighted by Crippen LogP contribution is -2.46. The number of rotatable bonds is 9. The molecule has 2 amide bonds. The highest BCUT2D eigenvalue weighted by molar-refractivity contribution is 6.04. The first-order valence-electron chi connectivity index (χ1n) is 18.6. The van der Waals surface area contributed by atoms with Crippen LogP contribution >= 0.6 is 0 Å². The monoisotopic (exact) mass is 719 g/mol. The fraction of sp³-hybridized carbons (Fsp3) is 0.452. The van der Waals surface area contributed by atoms with Crippen LogP contribution in [0.25, 0.3) is 38.5 Å². The lowest BCUT2D eigenvalue weighted by molar-refractivity contribution is -0.150. The van der Waals surface area contributed by atoms with E-state index in [0.29, 0.717) is 19.5 Å². The predicted octanol–water partition coefficient (Wildman–Crippen LogP) is 7.85. The van der Waals surface area contributed by atoms with E-state index in [4.69, 9.17) is 24.2 Å². The maximum Gasteiger partial charge on any atom is 0.410 e. The van der Waals surface area contributed by atoms with Crippen molar-refractivity contribution in [2.75, 3.05) is 27.3 Å². The van der Waals surface area contributed by atoms with Crippen LogP contribution in [0.5, 0.6) is 0 Å². The quantitative estimate of drug-likeness (QED) is 0.175. The molecule has 3 aromatic carbocycles. The second-order valence-corrected chi connectivity index (χ2v) is 15.4. The number of carbonyl (C=O) groups excluding carboxylic acids is 3. The largest absolute Gasteiger partial charge is 0.469 e. The number of aromatic amines is 1. The third kappa shape index (κ3) is 7.58. The van der Waals surface area contributed by atoms with Gasteiger partial charge in [0.25, 0.3) is 0 Å². The number of fused-ring (bicyclic) bond motifs is 2. The Balaban J connectivity index is 1.04. The molecule has 0 aliphatic carbocycles. The molecule has 0 bridgehead atoms. The Morgan fingerprint density at radius 1 is 0.887 bits per heavy atom. The molecule has 0 saturated carbocycles. The van der Waals surface area contributed by atoms with E-state index < -0.39 is 23.6 Å². The number of benzene rings is 3. The number of methoxy groups -OCH3 is 2. The van der Waals surface area contributed by atoms with Crippen LogP contribution in [0.15, 0.2) is 65.8 Å². The van der Waals surface area contributed by atoms with Gasteiger partial charge < -0.3 is 24.1 Å². The molecule has 1 N–H and O–H groups in total. The van der Waals surface area contributed by atoms with E-state index in [0.717, 1.165) is 81.3 Å². The molecule has 53 heavy (non-hydrogen) atoms. The number of aromatic nitrogens is 2. The Morgan fingerprint density at radius 3 is 2.26 bits per heavy atom. The SMILES string of the molecule is COC(=O)C[C@H](C(=O)N1CCC[C@H]1C1=NC=C(c2ccc3cc(-c4ccc5nc(C6CCCN6C(=O)OC(C)(C)C)[nH]c5c4)ccc3c2)C1)[C@@H](C)OC. The topological polar surface area (TPSA) is 126 Å². The Kier molecular flexibility index (Phi) is 10.1. The first kappa shape index (κ1) is 36.3. The zero-order valence-corrected chi connectivity index (χ0v) is 31.5. The van der Waals surface area contributed by atoms with Crippen LogP contribution in [-0.2, 0) is 23.8 Å². The highest BCUT2D eigenvalue weighted by Crippen LogP contribution is 2.36. The highest BCUT2D eigenvalue weighted by Gasteiger charge is 2.40. The summed E-state index contributed by atoms with van der Waals surface area (Å²) >= 11 is 0. The summed E-state index contributed by atoms with van der Waals surface area (Å²) in [6, 6.07) is 19.0. The zero-order valence-electron chi connectivity index (χ0n) is 31.5. The molecule has 4 aromatic rings. The summed E-state index contributed by atoms with van der Waals surface area (Å²) in [4.78, 5) is 55.6. The number of H-pyrrole nitrogens is 1. The van der Waals surface area contributed by atoms with Crippen LogP contribution in [0, 0.1) is 5.92 Å². The minimum absolute atomic E-state index is 0.0162. The van der Waals surface area contributed by atoms with Gasteiger partial charge in [0.15, 0.2) is 0 Å². The second-order valence-electron chi connectivity index (χ2n) is 15.4. The van der Waals surface area contributed by atoms with Crippen LogP contribution in [-0.4, -0.2) is 88.5 Å². The maximum absolute atomic E-state index is 13.7. The fourth-order valence-electron chi connectivity index (χ4n) is 7.88. The fourth-order valence-corrected chi connectivity index (χ4v) is 7.88. The van der Waals surface area contributed by atoms with Crippen molar-refractivity contribution in [2.24, 2.45) is 10.9 Å². The molecular weight excluding hydrogens is 670 g/mol. The van der Waals surface area contributed by atoms with Crippen molar-refractivity contribution in [3.63, 3.8) is 0 Å². The minimum Gasteiger partial charge on any atom is -0.469 e. The van der Waals surface area contributed by atoms with Gasteiger partial charge in [-0.05, 0) is 111 Å². The van der Waals surface area contributed by atoms with Gasteiger partial charge in [-0.15, -0.1) is 0 Å². The molecule has 278 valence electrons. The van der Waals surface area contributed by atoms with Gasteiger partial charge in [-0.2, -0.15) is 0 Å². The van der Waals surface area contributed by atoms with Gasteiger partial charge in [-0.1, -0.05) is 30.3 Å². The summed E-state index contributed by atoms with van der Waals surface area (Å²) in [5.74, 6) is -0.332. The van der Waals surface area contributed by atoms with Crippen LogP contribution in [0.3, 0.4) is 0 Å². The van der Waals surface area contributed by atoms with E-state index in [9.17, 15) is 14.4 Å². The number of carbonyl (C=O) groups is 3. The Hall–Kier alpha value is -5.03. The lowest BCUT2D eigenvalue weighted by atomic mass is 9.94. The van der Waals surface area contributed by atoms with E-state index >= 15 is 0 Å². The number of imidazole rings is 1. The summed E-state index contributed by atoms with van der Waals surface area (Å²) in [6.07, 6.45) is 5.35. The van der Waals surface area contributed by atoms with Crippen LogP contribution < -0.4 is 0 Å². The van der Waals surface area contributed by atoms with Gasteiger partial charge in [-0.25, -0.2) is 9.78 Å². The average Bonchev–Trinajstić information content (AvgIpc) is 3.97. The summed E-state index contributed by atoms with van der Waals surface area (Å²) in [7, 11) is 2.89. The highest BCUT2D eigenvalue weighted by atomic mass is 16.6. The van der Waals surface area contributed by atoms with Crippen LogP contribution in [0.1, 0.15) is 83.6 Å². The van der Waals surface area contributed by atoms with Gasteiger partial charge in [-0.3, -0.25) is 19.5 Å². The van der Waals surface area contributed by atoms with Crippen molar-refractivity contribution in [3.8, 4) is 11.1 Å². The molecule has 0 spiro atoms. The molecule has 7 rings (SSSR count). The van der Waals surface area contributed by atoms with E-state index in [2.05, 4.69) is 53.5 Å². The predicted molar refractivity (Wildman–Crippen MR) is 205 cm³/mol. The van der Waals surface area contributed by atoms with Crippen LogP contribution in [0.4, 0.5) is 4.79 Å². The number of allylic oxidation sites excluding steroid dienone is 1. The molecule has 2 fully saturated rings. The molecule has 3 aliphatic heterocycles. The molecule has 0 radical (unpaired) electrons. The number of nitrogens with zero attached hydrogens (tertiary/aromatic N) is 4. The number of nitrogens with one attached hydrogen (secondary N) is 1. The maximum atomic E-state index is 13.7. The minimum atomic E-state index is -0.611. The normalized spacial score (nSPS) is 20.1. The standard InChI is InChI=1S/C42H49N5O6/c1-25(51-5)32(23-38(48)52-6)40(49)46-17-7-9-36(46)35-22-31(24-43-35)29-14-13-26-19-28(12-11-27(26)20-29)30-15-16-33-34(21-30)45-39(44-33)37-10-8-18-47(37)41(50)53-42(2,3)4/h11-16,19-21,24-25,32,36-37H,7-10,17-18,22-23H2,1-6H3,(H,44,45)/t25-,32+,36+,37?/m1/s1. The number of hydrogen-bond donors (Lipinski definition) is 1. The summed E-state index contributed by atoms with van der Waals surface area (Å²) in [6.45, 7) is 8.76. The lowest BCUT2D eigenvalue weighted by Gasteiger charge is -2.31. The average molecular weight is 720 g/mol. The van der Waals surface area contributed by atoms with Crippen molar-refractivity contribution in [1.29, 1.82) is 0 Å². The second kappa shape index (κ2) is 14.8. The summed E-state index contributed by atoms with van der Waals surface area (Å²) in [5.41, 5.74) is 6.63. The molecular formula is C42H49N5O6. The van der Waals surface area contributed by atoms with Crippen molar-refractivity contribution >= 4 is 51.1 Å². The molecule has 11 nitrogen and oxygen atoms in total. The van der Waals surface area contributed by atoms with E-state index in [1.54, 1.807) is 12.0 Å². The van der Waals surface area contributed by atoms with Crippen molar-refractivity contribution in [1.82, 2.24) is 19.8 Å². The van der Waals surface area contributed by atoms with Gasteiger partial charge >= 0.3 is 12.1 Å². The number of ether oxygens (including phenoxy) is 3. The van der Waals surface area contributed by atoms with Crippen molar-refractivity contribution in [2.45, 2.75) is 90.0 Å². The van der Waals surface area contributed by atoms with Gasteiger partial charge in [0.1, 0.15) is 11.4 Å². The number of amides is 2. The first-order valence-corrected chi connectivity index (χ1v) is 18.6. The Bertz CT molecular complexity index is 2110.